The molecular formula is C14H25N3O2S. The molecule has 1 rings (SSSR count). The van der Waals surface area contributed by atoms with Crippen LogP contribution in [0.3, 0.4) is 0 Å². The van der Waals surface area contributed by atoms with Gasteiger partial charge in [0.05, 0.1) is 6.10 Å². The molecule has 3 N–H and O–H groups in total. The molecule has 6 heteroatoms. The number of nitrogens with zero attached hydrogens (tertiary/aromatic N) is 1. The van der Waals surface area contributed by atoms with Crippen molar-refractivity contribution in [2.45, 2.75) is 32.9 Å². The maximum absolute atomic E-state index is 11.7. The summed E-state index contributed by atoms with van der Waals surface area (Å²) < 4.78 is 0. The highest BCUT2D eigenvalue weighted by Crippen LogP contribution is 2.14. The van der Waals surface area contributed by atoms with Gasteiger partial charge in [-0.15, -0.1) is 0 Å². The van der Waals surface area contributed by atoms with Crippen molar-refractivity contribution in [2.75, 3.05) is 26.2 Å². The van der Waals surface area contributed by atoms with E-state index in [9.17, 15) is 9.90 Å². The van der Waals surface area contributed by atoms with Gasteiger partial charge in [-0.3, -0.25) is 4.90 Å². The van der Waals surface area contributed by atoms with Crippen LogP contribution in [-0.2, 0) is 0 Å². The van der Waals surface area contributed by atoms with Crippen LogP contribution in [0.4, 0.5) is 4.79 Å². The molecule has 0 spiro atoms. The summed E-state index contributed by atoms with van der Waals surface area (Å²) in [7, 11) is 0. The van der Waals surface area contributed by atoms with Crippen LogP contribution >= 0.6 is 11.3 Å². The minimum absolute atomic E-state index is 0.224. The van der Waals surface area contributed by atoms with Gasteiger partial charge in [-0.25, -0.2) is 4.79 Å². The van der Waals surface area contributed by atoms with Crippen LogP contribution in [0.25, 0.3) is 0 Å². The van der Waals surface area contributed by atoms with Gasteiger partial charge in [-0.2, -0.15) is 11.3 Å². The lowest BCUT2D eigenvalue weighted by Gasteiger charge is -2.26. The van der Waals surface area contributed by atoms with Crippen molar-refractivity contribution in [1.29, 1.82) is 0 Å². The first kappa shape index (κ1) is 16.9. The van der Waals surface area contributed by atoms with Crippen molar-refractivity contribution in [3.8, 4) is 0 Å². The molecule has 0 aromatic carbocycles. The van der Waals surface area contributed by atoms with E-state index >= 15 is 0 Å². The molecule has 0 aliphatic rings. The zero-order valence-corrected chi connectivity index (χ0v) is 13.2. The van der Waals surface area contributed by atoms with Crippen LogP contribution in [0, 0.1) is 0 Å². The van der Waals surface area contributed by atoms with E-state index < -0.39 is 6.10 Å². The Labute approximate surface area is 125 Å². The van der Waals surface area contributed by atoms with Crippen LogP contribution < -0.4 is 10.6 Å². The fraction of sp³-hybridized carbons (Fsp3) is 0.643. The molecule has 20 heavy (non-hydrogen) atoms. The highest BCUT2D eigenvalue weighted by Gasteiger charge is 2.12. The predicted octanol–water partition coefficient (Wildman–Crippen LogP) is 1.81. The third-order valence-electron chi connectivity index (χ3n) is 3.38. The molecule has 1 aromatic heterocycles. The summed E-state index contributed by atoms with van der Waals surface area (Å²) in [5, 5.41) is 19.2. The lowest BCUT2D eigenvalue weighted by atomic mass is 10.2. The highest BCUT2D eigenvalue weighted by atomic mass is 32.1. The van der Waals surface area contributed by atoms with E-state index in [1.54, 1.807) is 0 Å². The summed E-state index contributed by atoms with van der Waals surface area (Å²) in [6.45, 7) is 9.07. The average Bonchev–Trinajstić information content (AvgIpc) is 2.98. The average molecular weight is 299 g/mol. The Morgan fingerprint density at radius 2 is 2.00 bits per heavy atom. The standard InChI is InChI=1S/C14H25N3O2S/c1-4-17(5-2)11(3)8-15-14(19)16-9-13(18)12-6-7-20-10-12/h6-7,10-11,13,18H,4-5,8-9H2,1-3H3,(H2,15,16,19). The smallest absolute Gasteiger partial charge is 0.314 e. The van der Waals surface area contributed by atoms with Crippen LogP contribution in [-0.4, -0.2) is 48.3 Å². The van der Waals surface area contributed by atoms with Gasteiger partial charge in [-0.1, -0.05) is 13.8 Å². The van der Waals surface area contributed by atoms with Crippen molar-refractivity contribution in [3.63, 3.8) is 0 Å². The van der Waals surface area contributed by atoms with Gasteiger partial charge in [-0.05, 0) is 42.4 Å². The first-order valence-electron chi connectivity index (χ1n) is 7.04. The first-order valence-corrected chi connectivity index (χ1v) is 7.98. The van der Waals surface area contributed by atoms with E-state index in [4.69, 9.17) is 0 Å². The Kier molecular flexibility index (Phi) is 7.58. The topological polar surface area (TPSA) is 64.6 Å². The second kappa shape index (κ2) is 8.94. The van der Waals surface area contributed by atoms with Crippen molar-refractivity contribution < 1.29 is 9.90 Å². The molecule has 0 aliphatic carbocycles. The van der Waals surface area contributed by atoms with Crippen LogP contribution in [0.1, 0.15) is 32.4 Å². The molecule has 5 nitrogen and oxygen atoms in total. The molecule has 2 atom stereocenters. The number of aliphatic hydroxyl groups is 1. The number of amides is 2. The van der Waals surface area contributed by atoms with Gasteiger partial charge < -0.3 is 15.7 Å². The maximum atomic E-state index is 11.7. The summed E-state index contributed by atoms with van der Waals surface area (Å²) in [5.74, 6) is 0. The van der Waals surface area contributed by atoms with Gasteiger partial charge in [0.1, 0.15) is 0 Å². The monoisotopic (exact) mass is 299 g/mol. The van der Waals surface area contributed by atoms with Gasteiger partial charge in [0, 0.05) is 19.1 Å². The Morgan fingerprint density at radius 1 is 1.35 bits per heavy atom. The largest absolute Gasteiger partial charge is 0.387 e. The van der Waals surface area contributed by atoms with Crippen molar-refractivity contribution in [1.82, 2.24) is 15.5 Å². The molecule has 2 amide bonds. The van der Waals surface area contributed by atoms with E-state index in [2.05, 4.69) is 36.3 Å². The molecule has 2 unspecified atom stereocenters. The van der Waals surface area contributed by atoms with Crippen LogP contribution in [0.15, 0.2) is 16.8 Å². The Morgan fingerprint density at radius 3 is 2.55 bits per heavy atom. The molecule has 0 saturated heterocycles. The summed E-state index contributed by atoms with van der Waals surface area (Å²) in [4.78, 5) is 13.9. The second-order valence-electron chi connectivity index (χ2n) is 4.73. The number of hydrogen-bond acceptors (Lipinski definition) is 4. The third kappa shape index (κ3) is 5.48. The third-order valence-corrected chi connectivity index (χ3v) is 4.08. The van der Waals surface area contributed by atoms with E-state index in [1.165, 1.54) is 11.3 Å². The normalized spacial score (nSPS) is 14.1. The number of nitrogens with one attached hydrogen (secondary N) is 2. The lowest BCUT2D eigenvalue weighted by molar-refractivity contribution is 0.172. The quantitative estimate of drug-likeness (QED) is 0.686. The number of aliphatic hydroxyl groups excluding tert-OH is 1. The van der Waals surface area contributed by atoms with Crippen LogP contribution in [0.2, 0.25) is 0 Å². The Bertz CT molecular complexity index is 380. The summed E-state index contributed by atoms with van der Waals surface area (Å²) in [6.07, 6.45) is -0.646. The summed E-state index contributed by atoms with van der Waals surface area (Å²) in [5.41, 5.74) is 0.840. The van der Waals surface area contributed by atoms with Gasteiger partial charge in [0.25, 0.3) is 0 Å². The van der Waals surface area contributed by atoms with E-state index in [-0.39, 0.29) is 12.6 Å². The van der Waals surface area contributed by atoms with Crippen LogP contribution in [0.5, 0.6) is 0 Å². The van der Waals surface area contributed by atoms with Crippen molar-refractivity contribution >= 4 is 17.4 Å². The minimum atomic E-state index is -0.646. The number of hydrogen-bond donors (Lipinski definition) is 3. The fourth-order valence-corrected chi connectivity index (χ4v) is 2.76. The van der Waals surface area contributed by atoms with Gasteiger partial charge in [0.15, 0.2) is 0 Å². The molecule has 114 valence electrons. The van der Waals surface area contributed by atoms with Crippen molar-refractivity contribution in [3.05, 3.63) is 22.4 Å². The molecule has 1 aromatic rings. The Balaban J connectivity index is 2.23. The second-order valence-corrected chi connectivity index (χ2v) is 5.51. The zero-order valence-electron chi connectivity index (χ0n) is 12.4. The number of thiophene rings is 1. The number of urea groups is 1. The molecule has 0 bridgehead atoms. The lowest BCUT2D eigenvalue weighted by Crippen LogP contribution is -2.45. The molecule has 0 fully saturated rings. The van der Waals surface area contributed by atoms with E-state index in [0.29, 0.717) is 12.6 Å². The fourth-order valence-electron chi connectivity index (χ4n) is 2.05. The molecule has 0 saturated carbocycles. The number of likely N-dealkylation sites (N-methyl/N-ethyl adjacent to an activating group) is 1. The summed E-state index contributed by atoms with van der Waals surface area (Å²) in [6, 6.07) is 1.92. The number of carbonyl (C=O) groups excluding carboxylic acids is 1. The first-order chi connectivity index (χ1) is 9.58. The number of rotatable bonds is 8. The SMILES string of the molecule is CCN(CC)C(C)CNC(=O)NCC(O)c1ccsc1. The number of carbonyl (C=O) groups is 1. The maximum Gasteiger partial charge on any atom is 0.314 e. The molecule has 0 aliphatic heterocycles. The Hall–Kier alpha value is -1.11. The van der Waals surface area contributed by atoms with Crippen molar-refractivity contribution in [2.24, 2.45) is 0 Å². The molecular weight excluding hydrogens is 274 g/mol. The highest BCUT2D eigenvalue weighted by molar-refractivity contribution is 7.07. The summed E-state index contributed by atoms with van der Waals surface area (Å²) >= 11 is 1.53. The van der Waals surface area contributed by atoms with Gasteiger partial charge >= 0.3 is 6.03 Å². The van der Waals surface area contributed by atoms with E-state index in [1.807, 2.05) is 16.8 Å². The van der Waals surface area contributed by atoms with Gasteiger partial charge in [0.2, 0.25) is 0 Å². The minimum Gasteiger partial charge on any atom is -0.387 e. The zero-order chi connectivity index (χ0) is 15.0. The van der Waals surface area contributed by atoms with E-state index in [0.717, 1.165) is 18.7 Å². The molecule has 1 heterocycles. The predicted molar refractivity (Wildman–Crippen MR) is 83.1 cm³/mol. The molecule has 0 radical (unpaired) electrons.